The van der Waals surface area contributed by atoms with Crippen LogP contribution in [-0.4, -0.2) is 20.1 Å². The van der Waals surface area contributed by atoms with Gasteiger partial charge >= 0.3 is 0 Å². The fraction of sp³-hybridized carbons (Fsp3) is 0.200. The molecule has 2 aromatic heterocycles. The van der Waals surface area contributed by atoms with Crippen LogP contribution in [0, 0.1) is 0 Å². The van der Waals surface area contributed by atoms with E-state index >= 15 is 0 Å². The zero-order valence-corrected chi connectivity index (χ0v) is 9.48. The molecule has 1 unspecified atom stereocenters. The molecule has 0 aliphatic carbocycles. The van der Waals surface area contributed by atoms with Crippen molar-refractivity contribution in [3.63, 3.8) is 0 Å². The van der Waals surface area contributed by atoms with Crippen LogP contribution in [0.1, 0.15) is 17.5 Å². The second-order valence-corrected chi connectivity index (χ2v) is 4.12. The number of nitrogens with one attached hydrogen (secondary N) is 1. The van der Waals surface area contributed by atoms with E-state index in [2.05, 4.69) is 30.9 Å². The Morgan fingerprint density at radius 1 is 1.47 bits per heavy atom. The topological polar surface area (TPSA) is 61.8 Å². The number of halogens is 1. The third kappa shape index (κ3) is 2.64. The number of nitrogens with zero attached hydrogens (tertiary/aromatic N) is 2. The van der Waals surface area contributed by atoms with Gasteiger partial charge in [-0.3, -0.25) is 4.98 Å². The highest BCUT2D eigenvalue weighted by Crippen LogP contribution is 2.16. The molecule has 78 valence electrons. The Bertz CT molecular complexity index is 430. The van der Waals surface area contributed by atoms with E-state index in [1.54, 1.807) is 24.8 Å². The number of rotatable bonds is 3. The molecular formula is C10H10BrN3O. The van der Waals surface area contributed by atoms with Crippen LogP contribution >= 0.6 is 15.9 Å². The van der Waals surface area contributed by atoms with Crippen LogP contribution in [0.2, 0.25) is 0 Å². The molecule has 5 heteroatoms. The van der Waals surface area contributed by atoms with Gasteiger partial charge in [-0.15, -0.1) is 0 Å². The van der Waals surface area contributed by atoms with E-state index in [1.165, 1.54) is 0 Å². The number of H-pyrrole nitrogens is 1. The Kier molecular flexibility index (Phi) is 3.13. The van der Waals surface area contributed by atoms with Crippen molar-refractivity contribution in [2.45, 2.75) is 12.5 Å². The van der Waals surface area contributed by atoms with Crippen molar-refractivity contribution >= 4 is 15.9 Å². The maximum absolute atomic E-state index is 9.82. The first kappa shape index (κ1) is 10.3. The highest BCUT2D eigenvalue weighted by molar-refractivity contribution is 9.10. The summed E-state index contributed by atoms with van der Waals surface area (Å²) in [5, 5.41) is 9.82. The van der Waals surface area contributed by atoms with E-state index < -0.39 is 6.10 Å². The molecule has 0 fully saturated rings. The summed E-state index contributed by atoms with van der Waals surface area (Å²) in [5.41, 5.74) is 0.966. The van der Waals surface area contributed by atoms with E-state index in [4.69, 9.17) is 0 Å². The van der Waals surface area contributed by atoms with Gasteiger partial charge in [0.2, 0.25) is 0 Å². The zero-order valence-electron chi connectivity index (χ0n) is 7.89. The summed E-state index contributed by atoms with van der Waals surface area (Å²) >= 11 is 3.33. The molecule has 0 aromatic carbocycles. The lowest BCUT2D eigenvalue weighted by Gasteiger charge is -2.07. The zero-order chi connectivity index (χ0) is 10.7. The molecule has 0 spiro atoms. The van der Waals surface area contributed by atoms with E-state index in [0.717, 1.165) is 10.0 Å². The first-order valence-electron chi connectivity index (χ1n) is 4.52. The molecule has 2 N–H and O–H groups in total. The molecule has 4 nitrogen and oxygen atoms in total. The average Bonchev–Trinajstić information content (AvgIpc) is 2.70. The number of imidazole rings is 1. The Balaban J connectivity index is 2.09. The summed E-state index contributed by atoms with van der Waals surface area (Å²) in [6, 6.07) is 1.93. The highest BCUT2D eigenvalue weighted by atomic mass is 79.9. The van der Waals surface area contributed by atoms with Crippen LogP contribution in [0.5, 0.6) is 0 Å². The average molecular weight is 268 g/mol. The number of aromatic nitrogens is 3. The van der Waals surface area contributed by atoms with Gasteiger partial charge in [-0.2, -0.15) is 0 Å². The lowest BCUT2D eigenvalue weighted by Crippen LogP contribution is -2.04. The quantitative estimate of drug-likeness (QED) is 0.892. The monoisotopic (exact) mass is 267 g/mol. The predicted octanol–water partition coefficient (Wildman–Crippen LogP) is 1.84. The minimum absolute atomic E-state index is 0.500. The van der Waals surface area contributed by atoms with Crippen LogP contribution in [0.3, 0.4) is 0 Å². The maximum Gasteiger partial charge on any atom is 0.135 e. The van der Waals surface area contributed by atoms with Gasteiger partial charge < -0.3 is 10.1 Å². The molecule has 2 heterocycles. The van der Waals surface area contributed by atoms with Gasteiger partial charge in [0.25, 0.3) is 0 Å². The maximum atomic E-state index is 9.82. The van der Waals surface area contributed by atoms with Crippen LogP contribution in [0.15, 0.2) is 35.3 Å². The molecular weight excluding hydrogens is 258 g/mol. The number of aliphatic hydroxyl groups is 1. The summed E-state index contributed by atoms with van der Waals surface area (Å²) in [7, 11) is 0. The van der Waals surface area contributed by atoms with E-state index in [0.29, 0.717) is 12.2 Å². The summed E-state index contributed by atoms with van der Waals surface area (Å²) in [6.45, 7) is 0. The largest absolute Gasteiger partial charge is 0.385 e. The summed E-state index contributed by atoms with van der Waals surface area (Å²) in [5.74, 6) is 0.579. The number of aliphatic hydroxyl groups excluding tert-OH is 1. The summed E-state index contributed by atoms with van der Waals surface area (Å²) in [4.78, 5) is 10.9. The van der Waals surface area contributed by atoms with Crippen molar-refractivity contribution in [2.24, 2.45) is 0 Å². The predicted molar refractivity (Wildman–Crippen MR) is 59.2 cm³/mol. The molecule has 15 heavy (non-hydrogen) atoms. The van der Waals surface area contributed by atoms with Crippen molar-refractivity contribution in [3.8, 4) is 0 Å². The van der Waals surface area contributed by atoms with Crippen molar-refractivity contribution in [1.29, 1.82) is 0 Å². The van der Waals surface area contributed by atoms with Crippen LogP contribution in [0.25, 0.3) is 0 Å². The van der Waals surface area contributed by atoms with Crippen molar-refractivity contribution in [3.05, 3.63) is 46.7 Å². The van der Waals surface area contributed by atoms with Crippen molar-refractivity contribution in [1.82, 2.24) is 15.0 Å². The number of aromatic amines is 1. The smallest absolute Gasteiger partial charge is 0.135 e. The molecule has 1 atom stereocenters. The van der Waals surface area contributed by atoms with Crippen molar-refractivity contribution < 1.29 is 5.11 Å². The third-order valence-corrected chi connectivity index (χ3v) is 2.46. The second kappa shape index (κ2) is 4.55. The van der Waals surface area contributed by atoms with E-state index in [9.17, 15) is 5.11 Å². The standard InChI is InChI=1S/C10H10BrN3O/c11-8-3-7(5-12-6-8)4-9(15)10-13-1-2-14-10/h1-3,5-6,9,15H,4H2,(H,13,14). The fourth-order valence-electron chi connectivity index (χ4n) is 1.35. The van der Waals surface area contributed by atoms with Gasteiger partial charge in [-0.05, 0) is 27.6 Å². The molecule has 0 saturated heterocycles. The van der Waals surface area contributed by atoms with Crippen molar-refractivity contribution in [2.75, 3.05) is 0 Å². The minimum Gasteiger partial charge on any atom is -0.385 e. The van der Waals surface area contributed by atoms with Gasteiger partial charge in [0, 0.05) is 35.7 Å². The summed E-state index contributed by atoms with van der Waals surface area (Å²) in [6.07, 6.45) is 6.64. The molecule has 0 aliphatic heterocycles. The van der Waals surface area contributed by atoms with E-state index in [1.807, 2.05) is 6.07 Å². The number of pyridine rings is 1. The second-order valence-electron chi connectivity index (χ2n) is 3.21. The molecule has 0 saturated carbocycles. The van der Waals surface area contributed by atoms with Crippen LogP contribution < -0.4 is 0 Å². The number of hydrogen-bond donors (Lipinski definition) is 2. The Hall–Kier alpha value is -1.20. The fourth-order valence-corrected chi connectivity index (χ4v) is 1.76. The lowest BCUT2D eigenvalue weighted by molar-refractivity contribution is 0.169. The van der Waals surface area contributed by atoms with E-state index in [-0.39, 0.29) is 0 Å². The molecule has 2 aromatic rings. The molecule has 2 rings (SSSR count). The lowest BCUT2D eigenvalue weighted by atomic mass is 10.1. The van der Waals surface area contributed by atoms with Gasteiger partial charge in [-0.25, -0.2) is 4.98 Å². The van der Waals surface area contributed by atoms with Gasteiger partial charge in [0.15, 0.2) is 0 Å². The SMILES string of the molecule is OC(Cc1cncc(Br)c1)c1ncc[nH]1. The van der Waals surface area contributed by atoms with Gasteiger partial charge in [0.05, 0.1) is 0 Å². The summed E-state index contributed by atoms with van der Waals surface area (Å²) < 4.78 is 0.909. The van der Waals surface area contributed by atoms with Crippen LogP contribution in [-0.2, 0) is 6.42 Å². The first-order valence-corrected chi connectivity index (χ1v) is 5.32. The number of hydrogen-bond acceptors (Lipinski definition) is 3. The molecule has 0 radical (unpaired) electrons. The minimum atomic E-state index is -0.615. The first-order chi connectivity index (χ1) is 7.25. The molecule has 0 aliphatic rings. The Labute approximate surface area is 95.5 Å². The molecule has 0 amide bonds. The normalized spacial score (nSPS) is 12.7. The van der Waals surface area contributed by atoms with Gasteiger partial charge in [-0.1, -0.05) is 0 Å². The third-order valence-electron chi connectivity index (χ3n) is 2.03. The Morgan fingerprint density at radius 3 is 3.00 bits per heavy atom. The highest BCUT2D eigenvalue weighted by Gasteiger charge is 2.10. The molecule has 0 bridgehead atoms. The van der Waals surface area contributed by atoms with Gasteiger partial charge in [0.1, 0.15) is 11.9 Å². The Morgan fingerprint density at radius 2 is 2.33 bits per heavy atom. The van der Waals surface area contributed by atoms with Crippen LogP contribution in [0.4, 0.5) is 0 Å².